The van der Waals surface area contributed by atoms with Gasteiger partial charge < -0.3 is 9.47 Å². The van der Waals surface area contributed by atoms with Gasteiger partial charge in [0.25, 0.3) is 0 Å². The lowest BCUT2D eigenvalue weighted by molar-refractivity contribution is 0.656. The molecule has 1 heterocycles. The predicted octanol–water partition coefficient (Wildman–Crippen LogP) is 15.6. The Labute approximate surface area is 345 Å². The van der Waals surface area contributed by atoms with Crippen molar-refractivity contribution in [2.45, 2.75) is 19.3 Å². The maximum Gasteiger partial charge on any atom is 0.0547 e. The maximum absolute atomic E-state index is 2.51. The molecule has 2 nitrogen and oxygen atoms in total. The highest BCUT2D eigenvalue weighted by molar-refractivity contribution is 6.10. The first-order chi connectivity index (χ1) is 29.0. The van der Waals surface area contributed by atoms with Crippen molar-refractivity contribution in [3.05, 3.63) is 230 Å². The third-order valence-electron chi connectivity index (χ3n) is 12.4. The van der Waals surface area contributed by atoms with Gasteiger partial charge in [-0.15, -0.1) is 0 Å². The Bertz CT molecular complexity index is 3150. The molecule has 0 atom stereocenters. The quantitative estimate of drug-likeness (QED) is 0.157. The number of fused-ring (bicyclic) bond motifs is 6. The second-order valence-electron chi connectivity index (χ2n) is 16.2. The van der Waals surface area contributed by atoms with Crippen LogP contribution in [-0.4, -0.2) is 4.57 Å². The average Bonchev–Trinajstić information content (AvgIpc) is 3.75. The molecule has 0 N–H and O–H groups in total. The zero-order chi connectivity index (χ0) is 39.5. The smallest absolute Gasteiger partial charge is 0.0547 e. The van der Waals surface area contributed by atoms with Crippen LogP contribution in [0, 0.1) is 0 Å². The van der Waals surface area contributed by atoms with Crippen LogP contribution >= 0.6 is 0 Å². The molecule has 1 aromatic heterocycles. The van der Waals surface area contributed by atoms with Gasteiger partial charge in [-0.3, -0.25) is 0 Å². The summed E-state index contributed by atoms with van der Waals surface area (Å²) < 4.78 is 2.51. The molecule has 2 heteroatoms. The molecule has 9 aromatic carbocycles. The van der Waals surface area contributed by atoms with Gasteiger partial charge in [0, 0.05) is 33.2 Å². The van der Waals surface area contributed by atoms with Crippen LogP contribution < -0.4 is 4.90 Å². The molecule has 0 bridgehead atoms. The highest BCUT2D eigenvalue weighted by Crippen LogP contribution is 2.52. The molecule has 0 fully saturated rings. The molecule has 0 amide bonds. The van der Waals surface area contributed by atoms with E-state index in [-0.39, 0.29) is 5.41 Å². The van der Waals surface area contributed by atoms with Crippen LogP contribution in [0.2, 0.25) is 0 Å². The van der Waals surface area contributed by atoms with Gasteiger partial charge in [-0.05, 0) is 116 Å². The molecule has 11 rings (SSSR count). The number of hydrogen-bond donors (Lipinski definition) is 0. The van der Waals surface area contributed by atoms with E-state index < -0.39 is 0 Å². The van der Waals surface area contributed by atoms with E-state index in [2.05, 4.69) is 242 Å². The van der Waals surface area contributed by atoms with Crippen LogP contribution in [0.4, 0.5) is 17.1 Å². The Hall–Kier alpha value is -7.42. The number of rotatable bonds is 7. The molecule has 0 aliphatic heterocycles. The number of para-hydroxylation sites is 2. The standard InChI is InChI=1S/C57H42N2/c1-57(2)52-24-11-9-21-48(52)51-23-14-26-54(56(51)57)59-53-25-12-10-22-49(53)50-36-31-44(38-55(50)59)43-18-13-17-42(37-43)41-29-34-47(35-30-41)58(45-19-7-4-8-20-45)46-32-27-40(28-33-46)39-15-5-3-6-16-39/h3-38H,1-2H3. The van der Waals surface area contributed by atoms with Gasteiger partial charge in [0.2, 0.25) is 0 Å². The number of benzene rings is 9. The van der Waals surface area contributed by atoms with Gasteiger partial charge in [0.15, 0.2) is 0 Å². The zero-order valence-electron chi connectivity index (χ0n) is 33.2. The highest BCUT2D eigenvalue weighted by Gasteiger charge is 2.38. The molecule has 280 valence electrons. The fourth-order valence-corrected chi connectivity index (χ4v) is 9.55. The largest absolute Gasteiger partial charge is 0.311 e. The summed E-state index contributed by atoms with van der Waals surface area (Å²) in [6, 6.07) is 79.6. The van der Waals surface area contributed by atoms with Crippen molar-refractivity contribution in [3.8, 4) is 50.2 Å². The Kier molecular flexibility index (Phi) is 8.20. The van der Waals surface area contributed by atoms with Crippen molar-refractivity contribution >= 4 is 38.9 Å². The van der Waals surface area contributed by atoms with Gasteiger partial charge >= 0.3 is 0 Å². The van der Waals surface area contributed by atoms with Gasteiger partial charge in [0.05, 0.1) is 16.7 Å². The Morgan fingerprint density at radius 2 is 0.847 bits per heavy atom. The van der Waals surface area contributed by atoms with Crippen LogP contribution in [0.15, 0.2) is 218 Å². The van der Waals surface area contributed by atoms with Gasteiger partial charge in [-0.25, -0.2) is 0 Å². The summed E-state index contributed by atoms with van der Waals surface area (Å²) in [5.41, 5.74) is 19.5. The van der Waals surface area contributed by atoms with Crippen molar-refractivity contribution < 1.29 is 0 Å². The number of nitrogens with zero attached hydrogens (tertiary/aromatic N) is 2. The summed E-state index contributed by atoms with van der Waals surface area (Å²) in [6.07, 6.45) is 0. The highest BCUT2D eigenvalue weighted by atomic mass is 15.1. The monoisotopic (exact) mass is 754 g/mol. The zero-order valence-corrected chi connectivity index (χ0v) is 33.2. The molecule has 1 aliphatic carbocycles. The molecular weight excluding hydrogens is 713 g/mol. The van der Waals surface area contributed by atoms with Crippen LogP contribution in [0.5, 0.6) is 0 Å². The summed E-state index contributed by atoms with van der Waals surface area (Å²) in [4.78, 5) is 2.32. The van der Waals surface area contributed by atoms with E-state index in [1.807, 2.05) is 0 Å². The summed E-state index contributed by atoms with van der Waals surface area (Å²) in [5, 5.41) is 2.53. The summed E-state index contributed by atoms with van der Waals surface area (Å²) in [5.74, 6) is 0. The van der Waals surface area contributed by atoms with Crippen molar-refractivity contribution in [2.75, 3.05) is 4.90 Å². The molecule has 0 unspecified atom stereocenters. The van der Waals surface area contributed by atoms with Crippen LogP contribution in [-0.2, 0) is 5.41 Å². The van der Waals surface area contributed by atoms with Crippen molar-refractivity contribution in [1.82, 2.24) is 4.57 Å². The van der Waals surface area contributed by atoms with Gasteiger partial charge in [0.1, 0.15) is 0 Å². The molecular formula is C57H42N2. The molecule has 0 radical (unpaired) electrons. The lowest BCUT2D eigenvalue weighted by Gasteiger charge is -2.26. The maximum atomic E-state index is 2.51. The lowest BCUT2D eigenvalue weighted by atomic mass is 9.81. The van der Waals surface area contributed by atoms with E-state index in [4.69, 9.17) is 0 Å². The van der Waals surface area contributed by atoms with E-state index in [1.54, 1.807) is 0 Å². The molecule has 0 saturated carbocycles. The van der Waals surface area contributed by atoms with Crippen molar-refractivity contribution in [2.24, 2.45) is 0 Å². The van der Waals surface area contributed by atoms with E-state index in [0.717, 1.165) is 17.1 Å². The van der Waals surface area contributed by atoms with Crippen LogP contribution in [0.25, 0.3) is 72.0 Å². The van der Waals surface area contributed by atoms with Gasteiger partial charge in [-0.1, -0.05) is 172 Å². The minimum absolute atomic E-state index is 0.132. The fourth-order valence-electron chi connectivity index (χ4n) is 9.55. The third-order valence-corrected chi connectivity index (χ3v) is 12.4. The minimum atomic E-state index is -0.132. The molecule has 1 aliphatic rings. The summed E-state index contributed by atoms with van der Waals surface area (Å²) in [6.45, 7) is 4.75. The summed E-state index contributed by atoms with van der Waals surface area (Å²) in [7, 11) is 0. The number of hydrogen-bond acceptors (Lipinski definition) is 1. The first-order valence-electron chi connectivity index (χ1n) is 20.5. The first kappa shape index (κ1) is 34.8. The third kappa shape index (κ3) is 5.79. The fraction of sp³-hybridized carbons (Fsp3) is 0.0526. The van der Waals surface area contributed by atoms with E-state index in [1.165, 1.54) is 83.1 Å². The molecule has 0 spiro atoms. The van der Waals surface area contributed by atoms with E-state index >= 15 is 0 Å². The van der Waals surface area contributed by atoms with Crippen molar-refractivity contribution in [3.63, 3.8) is 0 Å². The number of aromatic nitrogens is 1. The first-order valence-corrected chi connectivity index (χ1v) is 20.5. The van der Waals surface area contributed by atoms with Crippen molar-refractivity contribution in [1.29, 1.82) is 0 Å². The Morgan fingerprint density at radius 1 is 0.356 bits per heavy atom. The van der Waals surface area contributed by atoms with Crippen LogP contribution in [0.3, 0.4) is 0 Å². The lowest BCUT2D eigenvalue weighted by Crippen LogP contribution is -2.18. The normalized spacial score (nSPS) is 12.7. The second-order valence-corrected chi connectivity index (χ2v) is 16.2. The predicted molar refractivity (Wildman–Crippen MR) is 249 cm³/mol. The number of anilines is 3. The van der Waals surface area contributed by atoms with Gasteiger partial charge in [-0.2, -0.15) is 0 Å². The Morgan fingerprint density at radius 3 is 1.59 bits per heavy atom. The Balaban J connectivity index is 0.970. The second kappa shape index (κ2) is 13.9. The molecule has 59 heavy (non-hydrogen) atoms. The summed E-state index contributed by atoms with van der Waals surface area (Å²) >= 11 is 0. The average molecular weight is 755 g/mol. The minimum Gasteiger partial charge on any atom is -0.311 e. The molecule has 10 aromatic rings. The van der Waals surface area contributed by atoms with E-state index in [0.29, 0.717) is 0 Å². The van der Waals surface area contributed by atoms with Crippen LogP contribution in [0.1, 0.15) is 25.0 Å². The molecule has 0 saturated heterocycles. The topological polar surface area (TPSA) is 8.17 Å². The SMILES string of the molecule is CC1(C)c2ccccc2-c2cccc(-n3c4ccccc4c4ccc(-c5cccc(-c6ccc(N(c7ccccc7)c7ccc(-c8ccccc8)cc7)cc6)c5)cc43)c21. The van der Waals surface area contributed by atoms with E-state index in [9.17, 15) is 0 Å².